The van der Waals surface area contributed by atoms with Gasteiger partial charge in [-0.2, -0.15) is 0 Å². The first-order valence-electron chi connectivity index (χ1n) is 9.73. The smallest absolute Gasteiger partial charge is 0.335 e. The number of para-hydroxylation sites is 1. The van der Waals surface area contributed by atoms with Crippen LogP contribution in [0.2, 0.25) is 0 Å². The maximum absolute atomic E-state index is 13.0. The van der Waals surface area contributed by atoms with E-state index in [1.807, 2.05) is 44.2 Å². The molecule has 1 aliphatic heterocycles. The van der Waals surface area contributed by atoms with Gasteiger partial charge in [-0.15, -0.1) is 0 Å². The van der Waals surface area contributed by atoms with Crippen molar-refractivity contribution in [2.75, 3.05) is 0 Å². The zero-order valence-electron chi connectivity index (χ0n) is 17.0. The van der Waals surface area contributed by atoms with Crippen molar-refractivity contribution in [3.05, 3.63) is 83.0 Å². The summed E-state index contributed by atoms with van der Waals surface area (Å²) in [6, 6.07) is 19.5. The van der Waals surface area contributed by atoms with Gasteiger partial charge in [-0.1, -0.05) is 30.3 Å². The molecule has 31 heavy (non-hydrogen) atoms. The number of hydrogen-bond acceptors (Lipinski definition) is 5. The molecule has 0 spiro atoms. The summed E-state index contributed by atoms with van der Waals surface area (Å²) < 4.78 is 5.88. The van der Waals surface area contributed by atoms with Gasteiger partial charge < -0.3 is 9.52 Å². The molecule has 1 amide bonds. The number of rotatable bonds is 5. The van der Waals surface area contributed by atoms with Gasteiger partial charge in [0.1, 0.15) is 11.5 Å². The molecule has 0 saturated carbocycles. The second kappa shape index (κ2) is 8.65. The number of aliphatic imine (C=N–C) groups is 1. The fourth-order valence-corrected chi connectivity index (χ4v) is 4.23. The fourth-order valence-electron chi connectivity index (χ4n) is 3.12. The first-order valence-corrected chi connectivity index (χ1v) is 10.5. The summed E-state index contributed by atoms with van der Waals surface area (Å²) in [6.07, 6.45) is 1.71. The molecule has 7 heteroatoms. The van der Waals surface area contributed by atoms with Gasteiger partial charge >= 0.3 is 5.97 Å². The van der Waals surface area contributed by atoms with Gasteiger partial charge in [0, 0.05) is 17.7 Å². The number of carbonyl (C=O) groups excluding carboxylic acids is 1. The molecule has 1 fully saturated rings. The van der Waals surface area contributed by atoms with Crippen LogP contribution in [-0.4, -0.2) is 33.1 Å². The van der Waals surface area contributed by atoms with Crippen LogP contribution in [0.3, 0.4) is 0 Å². The van der Waals surface area contributed by atoms with E-state index in [4.69, 9.17) is 9.52 Å². The van der Waals surface area contributed by atoms with E-state index in [0.29, 0.717) is 21.6 Å². The Bertz CT molecular complexity index is 1180. The molecule has 1 N–H and O–H groups in total. The van der Waals surface area contributed by atoms with Gasteiger partial charge in [0.05, 0.1) is 16.2 Å². The van der Waals surface area contributed by atoms with Gasteiger partial charge in [0.25, 0.3) is 5.91 Å². The van der Waals surface area contributed by atoms with Crippen LogP contribution in [0.4, 0.5) is 5.69 Å². The molecule has 2 heterocycles. The van der Waals surface area contributed by atoms with E-state index in [2.05, 4.69) is 4.99 Å². The van der Waals surface area contributed by atoms with Crippen LogP contribution in [-0.2, 0) is 4.79 Å². The number of carboxylic acids is 1. The minimum atomic E-state index is -0.976. The van der Waals surface area contributed by atoms with E-state index >= 15 is 0 Å². The lowest BCUT2D eigenvalue weighted by Gasteiger charge is -2.19. The predicted octanol–water partition coefficient (Wildman–Crippen LogP) is 5.66. The van der Waals surface area contributed by atoms with E-state index in [1.54, 1.807) is 35.2 Å². The number of carbonyl (C=O) groups is 2. The van der Waals surface area contributed by atoms with Gasteiger partial charge in [-0.05, 0) is 62.0 Å². The highest BCUT2D eigenvalue weighted by Gasteiger charge is 2.35. The monoisotopic (exact) mass is 432 g/mol. The number of aromatic carboxylic acids is 1. The highest BCUT2D eigenvalue weighted by molar-refractivity contribution is 8.18. The van der Waals surface area contributed by atoms with Gasteiger partial charge in [0.2, 0.25) is 0 Å². The third kappa shape index (κ3) is 4.46. The summed E-state index contributed by atoms with van der Waals surface area (Å²) in [6.45, 7) is 3.90. The van der Waals surface area contributed by atoms with Gasteiger partial charge in [-0.3, -0.25) is 9.69 Å². The molecule has 4 rings (SSSR count). The van der Waals surface area contributed by atoms with Crippen LogP contribution in [0.25, 0.3) is 17.4 Å². The second-order valence-corrected chi connectivity index (χ2v) is 8.20. The quantitative estimate of drug-likeness (QED) is 0.526. The number of amides is 1. The summed E-state index contributed by atoms with van der Waals surface area (Å²) in [5.41, 5.74) is 1.76. The Labute approximate surface area is 183 Å². The van der Waals surface area contributed by atoms with E-state index in [-0.39, 0.29) is 17.5 Å². The van der Waals surface area contributed by atoms with E-state index in [9.17, 15) is 9.59 Å². The van der Waals surface area contributed by atoms with Crippen molar-refractivity contribution >= 4 is 40.6 Å². The Morgan fingerprint density at radius 3 is 2.42 bits per heavy atom. The lowest BCUT2D eigenvalue weighted by Crippen LogP contribution is -2.35. The number of hydrogen-bond donors (Lipinski definition) is 1. The first-order chi connectivity index (χ1) is 14.9. The number of benzene rings is 2. The normalized spacial score (nSPS) is 16.6. The summed E-state index contributed by atoms with van der Waals surface area (Å²) in [5, 5.41) is 9.66. The second-order valence-electron chi connectivity index (χ2n) is 7.19. The molecule has 6 nitrogen and oxygen atoms in total. The lowest BCUT2D eigenvalue weighted by molar-refractivity contribution is -0.123. The van der Waals surface area contributed by atoms with Crippen molar-refractivity contribution < 1.29 is 19.1 Å². The highest BCUT2D eigenvalue weighted by atomic mass is 32.2. The van der Waals surface area contributed by atoms with Crippen molar-refractivity contribution in [1.29, 1.82) is 0 Å². The zero-order chi connectivity index (χ0) is 22.0. The van der Waals surface area contributed by atoms with E-state index in [1.165, 1.54) is 23.9 Å². The third-order valence-electron chi connectivity index (χ3n) is 4.65. The number of nitrogens with zero attached hydrogens (tertiary/aromatic N) is 2. The van der Waals surface area contributed by atoms with Crippen LogP contribution in [0.1, 0.15) is 30.0 Å². The van der Waals surface area contributed by atoms with E-state index < -0.39 is 5.97 Å². The van der Waals surface area contributed by atoms with Gasteiger partial charge in [-0.25, -0.2) is 9.79 Å². The Balaban J connectivity index is 1.61. The zero-order valence-corrected chi connectivity index (χ0v) is 17.8. The fraction of sp³-hybridized carbons (Fsp3) is 0.125. The van der Waals surface area contributed by atoms with Crippen molar-refractivity contribution in [3.63, 3.8) is 0 Å². The highest BCUT2D eigenvalue weighted by Crippen LogP contribution is 2.36. The minimum Gasteiger partial charge on any atom is -0.478 e. The van der Waals surface area contributed by atoms with Crippen LogP contribution in [0.15, 0.2) is 81.0 Å². The third-order valence-corrected chi connectivity index (χ3v) is 5.63. The molecule has 1 aliphatic rings. The Morgan fingerprint density at radius 2 is 1.77 bits per heavy atom. The summed E-state index contributed by atoms with van der Waals surface area (Å²) >= 11 is 1.32. The number of furan rings is 1. The first kappa shape index (κ1) is 20.7. The van der Waals surface area contributed by atoms with Gasteiger partial charge in [0.15, 0.2) is 5.17 Å². The van der Waals surface area contributed by atoms with Crippen LogP contribution < -0.4 is 0 Å². The van der Waals surface area contributed by atoms with Crippen LogP contribution >= 0.6 is 11.8 Å². The van der Waals surface area contributed by atoms with Crippen LogP contribution in [0, 0.1) is 0 Å². The molecule has 0 aliphatic carbocycles. The van der Waals surface area contributed by atoms with Crippen LogP contribution in [0.5, 0.6) is 0 Å². The number of carboxylic acid groups (broad SMARTS) is 1. The molecule has 1 aromatic heterocycles. The van der Waals surface area contributed by atoms with E-state index in [0.717, 1.165) is 11.3 Å². The van der Waals surface area contributed by atoms with Crippen molar-refractivity contribution in [2.24, 2.45) is 4.99 Å². The lowest BCUT2D eigenvalue weighted by atomic mass is 10.1. The molecule has 0 atom stereocenters. The molecule has 2 aromatic carbocycles. The molecule has 0 radical (unpaired) electrons. The minimum absolute atomic E-state index is 0.0340. The SMILES string of the molecule is CC(C)N1C(=O)/C(=C/c2ccc(-c3ccc(C(=O)O)cc3)o2)SC1=Nc1ccccc1. The predicted molar refractivity (Wildman–Crippen MR) is 122 cm³/mol. The molecule has 0 unspecified atom stereocenters. The molecule has 0 bridgehead atoms. The number of amidine groups is 1. The largest absolute Gasteiger partial charge is 0.478 e. The number of thioether (sulfide) groups is 1. The summed E-state index contributed by atoms with van der Waals surface area (Å²) in [7, 11) is 0. The summed E-state index contributed by atoms with van der Waals surface area (Å²) in [5.74, 6) is 0.0465. The Morgan fingerprint density at radius 1 is 1.06 bits per heavy atom. The molecule has 3 aromatic rings. The Hall–Kier alpha value is -3.58. The Kier molecular flexibility index (Phi) is 5.77. The molecular formula is C24H20N2O4S. The molecule has 1 saturated heterocycles. The van der Waals surface area contributed by atoms with Crippen molar-refractivity contribution in [2.45, 2.75) is 19.9 Å². The average Bonchev–Trinajstić information content (AvgIpc) is 3.34. The average molecular weight is 433 g/mol. The van der Waals surface area contributed by atoms with Crippen molar-refractivity contribution in [3.8, 4) is 11.3 Å². The summed E-state index contributed by atoms with van der Waals surface area (Å²) in [4.78, 5) is 30.9. The topological polar surface area (TPSA) is 83.1 Å². The molecule has 156 valence electrons. The standard InChI is InChI=1S/C24H20N2O4S/c1-15(2)26-22(27)21(31-24(26)25-18-6-4-3-5-7-18)14-19-12-13-20(30-19)16-8-10-17(11-9-16)23(28)29/h3-15H,1-2H3,(H,28,29)/b21-14-,25-24?. The maximum atomic E-state index is 13.0. The molecular weight excluding hydrogens is 412 g/mol. The van der Waals surface area contributed by atoms with Crippen molar-refractivity contribution in [1.82, 2.24) is 4.90 Å². The maximum Gasteiger partial charge on any atom is 0.335 e.